The Labute approximate surface area is 220 Å². The molecular formula is C29H31NO8. The molecule has 2 aliphatic carbocycles. The molecule has 7 rings (SSSR count). The molecule has 5 aliphatic rings. The monoisotopic (exact) mass is 521 g/mol. The van der Waals surface area contributed by atoms with Crippen LogP contribution in [0.2, 0.25) is 0 Å². The Morgan fingerprint density at radius 3 is 2.42 bits per heavy atom. The molecular weight excluding hydrogens is 490 g/mol. The highest BCUT2D eigenvalue weighted by Crippen LogP contribution is 2.53. The molecule has 7 atom stereocenters. The molecule has 0 saturated carbocycles. The maximum Gasteiger partial charge on any atom is 0.198 e. The highest BCUT2D eigenvalue weighted by molar-refractivity contribution is 6.30. The van der Waals surface area contributed by atoms with Gasteiger partial charge in [-0.2, -0.15) is 0 Å². The van der Waals surface area contributed by atoms with Gasteiger partial charge in [-0.25, -0.2) is 0 Å². The van der Waals surface area contributed by atoms with Gasteiger partial charge < -0.3 is 29.2 Å². The fraction of sp³-hybridized carbons (Fsp3) is 0.517. The largest absolute Gasteiger partial charge is 0.507 e. The topological polar surface area (TPSA) is 124 Å². The Morgan fingerprint density at radius 1 is 1.03 bits per heavy atom. The third-order valence-corrected chi connectivity index (χ3v) is 9.26. The van der Waals surface area contributed by atoms with Crippen molar-refractivity contribution in [1.29, 1.82) is 0 Å². The van der Waals surface area contributed by atoms with Crippen molar-refractivity contribution in [2.24, 2.45) is 5.92 Å². The summed E-state index contributed by atoms with van der Waals surface area (Å²) in [6.07, 6.45) is 0.753. The van der Waals surface area contributed by atoms with E-state index in [9.17, 15) is 19.8 Å². The third-order valence-electron chi connectivity index (χ3n) is 9.26. The molecule has 0 radical (unpaired) electrons. The van der Waals surface area contributed by atoms with Crippen molar-refractivity contribution in [3.8, 4) is 11.5 Å². The molecule has 0 amide bonds. The van der Waals surface area contributed by atoms with Gasteiger partial charge in [0.05, 0.1) is 47.8 Å². The van der Waals surface area contributed by atoms with E-state index in [1.54, 1.807) is 24.3 Å². The summed E-state index contributed by atoms with van der Waals surface area (Å²) in [4.78, 5) is 27.0. The molecule has 1 unspecified atom stereocenters. The Morgan fingerprint density at radius 2 is 1.74 bits per heavy atom. The molecule has 0 bridgehead atoms. The first-order valence-electron chi connectivity index (χ1n) is 13.4. The average molecular weight is 522 g/mol. The van der Waals surface area contributed by atoms with Crippen LogP contribution in [0.4, 0.5) is 0 Å². The number of carbonyl (C=O) groups excluding carboxylic acids is 2. The van der Waals surface area contributed by atoms with Gasteiger partial charge in [-0.1, -0.05) is 24.3 Å². The highest BCUT2D eigenvalue weighted by atomic mass is 16.7. The lowest BCUT2D eigenvalue weighted by Gasteiger charge is -2.44. The standard InChI is InChI=1S/C29H31NO8/c1-13-28-15(7-8-35-28)9-20(37-13)38-19-11-29(14(2)36-12-30-29)10-18-21(19)27(34)23-22(26(18)33)24(31)16-5-3-4-6-17(16)25(23)32/h3-6,13-15,19-20,28,30,33-34H,7-12H2,1-2H3/t13-,14?,15-,19-,20-,28+,29-/m0/s1. The fourth-order valence-corrected chi connectivity index (χ4v) is 7.22. The number of ether oxygens (including phenoxy) is 4. The van der Waals surface area contributed by atoms with Crippen LogP contribution in [0.3, 0.4) is 0 Å². The first kappa shape index (κ1) is 24.2. The normalized spacial score (nSPS) is 35.6. The molecule has 38 heavy (non-hydrogen) atoms. The van der Waals surface area contributed by atoms with Gasteiger partial charge in [-0.3, -0.25) is 14.9 Å². The Bertz CT molecular complexity index is 1360. The first-order chi connectivity index (χ1) is 18.3. The van der Waals surface area contributed by atoms with Crippen molar-refractivity contribution in [1.82, 2.24) is 5.32 Å². The number of fused-ring (bicyclic) bond motifs is 4. The summed E-state index contributed by atoms with van der Waals surface area (Å²) in [5, 5.41) is 26.7. The highest BCUT2D eigenvalue weighted by Gasteiger charge is 2.52. The number of nitrogens with one attached hydrogen (secondary N) is 1. The Kier molecular flexibility index (Phi) is 5.48. The molecule has 2 aromatic rings. The predicted molar refractivity (Wildman–Crippen MR) is 133 cm³/mol. The van der Waals surface area contributed by atoms with Crippen molar-refractivity contribution in [2.75, 3.05) is 13.3 Å². The zero-order chi connectivity index (χ0) is 26.3. The van der Waals surface area contributed by atoms with Gasteiger partial charge >= 0.3 is 0 Å². The minimum Gasteiger partial charge on any atom is -0.507 e. The SMILES string of the molecule is CC1OCN[C@]12Cc1c(O)c3c(c(O)c1[C@@H](O[C@H]1C[C@@H]4CCO[C@@H]4[C@H](C)O1)C2)C(=O)c1ccccc1C3=O. The number of ketones is 2. The maximum absolute atomic E-state index is 13.5. The van der Waals surface area contributed by atoms with E-state index < -0.39 is 29.5 Å². The van der Waals surface area contributed by atoms with E-state index in [2.05, 4.69) is 5.32 Å². The number of phenolic OH excluding ortho intramolecular Hbond substituents is 2. The lowest BCUT2D eigenvalue weighted by molar-refractivity contribution is -0.249. The van der Waals surface area contributed by atoms with E-state index >= 15 is 0 Å². The number of phenols is 2. The summed E-state index contributed by atoms with van der Waals surface area (Å²) in [6, 6.07) is 6.48. The lowest BCUT2D eigenvalue weighted by Crippen LogP contribution is -2.53. The van der Waals surface area contributed by atoms with Crippen LogP contribution >= 0.6 is 0 Å². The second kappa shape index (κ2) is 8.59. The molecule has 3 saturated heterocycles. The molecule has 1 spiro atoms. The van der Waals surface area contributed by atoms with Crippen molar-refractivity contribution in [3.05, 3.63) is 57.6 Å². The van der Waals surface area contributed by atoms with Gasteiger partial charge in [0, 0.05) is 35.3 Å². The van der Waals surface area contributed by atoms with Crippen LogP contribution in [0.25, 0.3) is 0 Å². The van der Waals surface area contributed by atoms with Gasteiger partial charge in [-0.05, 0) is 39.0 Å². The van der Waals surface area contributed by atoms with E-state index in [1.807, 2.05) is 13.8 Å². The maximum atomic E-state index is 13.5. The third kappa shape index (κ3) is 3.36. The van der Waals surface area contributed by atoms with Crippen molar-refractivity contribution in [2.45, 2.75) is 75.8 Å². The fourth-order valence-electron chi connectivity index (χ4n) is 7.22. The molecule has 3 fully saturated rings. The number of aromatic hydroxyl groups is 2. The van der Waals surface area contributed by atoms with Crippen LogP contribution in [-0.4, -0.2) is 65.3 Å². The number of carbonyl (C=O) groups is 2. The Hall–Kier alpha value is -2.82. The van der Waals surface area contributed by atoms with Gasteiger partial charge in [-0.15, -0.1) is 0 Å². The quantitative estimate of drug-likeness (QED) is 0.437. The zero-order valence-corrected chi connectivity index (χ0v) is 21.4. The second-order valence-electron chi connectivity index (χ2n) is 11.2. The number of hydrogen-bond acceptors (Lipinski definition) is 9. The van der Waals surface area contributed by atoms with E-state index in [0.29, 0.717) is 49.6 Å². The molecule has 0 aromatic heterocycles. The van der Waals surface area contributed by atoms with Crippen LogP contribution in [0, 0.1) is 5.92 Å². The molecule has 3 aliphatic heterocycles. The minimum atomic E-state index is -0.706. The van der Waals surface area contributed by atoms with Gasteiger partial charge in [0.2, 0.25) is 0 Å². The molecule has 3 heterocycles. The smallest absolute Gasteiger partial charge is 0.198 e. The molecule has 2 aromatic carbocycles. The van der Waals surface area contributed by atoms with Crippen LogP contribution in [0.15, 0.2) is 24.3 Å². The number of hydrogen-bond donors (Lipinski definition) is 3. The molecule has 9 nitrogen and oxygen atoms in total. The van der Waals surface area contributed by atoms with Crippen molar-refractivity contribution in [3.63, 3.8) is 0 Å². The summed E-state index contributed by atoms with van der Waals surface area (Å²) in [7, 11) is 0. The summed E-state index contributed by atoms with van der Waals surface area (Å²) in [5.41, 5.74) is 0.255. The van der Waals surface area contributed by atoms with E-state index in [4.69, 9.17) is 18.9 Å². The summed E-state index contributed by atoms with van der Waals surface area (Å²) >= 11 is 0. The van der Waals surface area contributed by atoms with E-state index in [0.717, 1.165) is 6.42 Å². The van der Waals surface area contributed by atoms with Crippen LogP contribution in [0.5, 0.6) is 11.5 Å². The molecule has 9 heteroatoms. The second-order valence-corrected chi connectivity index (χ2v) is 11.2. The van der Waals surface area contributed by atoms with Gasteiger partial charge in [0.1, 0.15) is 11.5 Å². The summed E-state index contributed by atoms with van der Waals surface area (Å²) in [6.45, 7) is 4.97. The van der Waals surface area contributed by atoms with Gasteiger partial charge in [0.25, 0.3) is 0 Å². The Balaban J connectivity index is 1.35. The number of benzene rings is 2. The van der Waals surface area contributed by atoms with Crippen LogP contribution in [-0.2, 0) is 25.4 Å². The van der Waals surface area contributed by atoms with E-state index in [1.165, 1.54) is 0 Å². The van der Waals surface area contributed by atoms with Crippen LogP contribution < -0.4 is 5.32 Å². The first-order valence-corrected chi connectivity index (χ1v) is 13.4. The van der Waals surface area contributed by atoms with Crippen molar-refractivity contribution < 1.29 is 38.7 Å². The van der Waals surface area contributed by atoms with Gasteiger partial charge in [0.15, 0.2) is 17.9 Å². The molecule has 200 valence electrons. The summed E-state index contributed by atoms with van der Waals surface area (Å²) < 4.78 is 24.5. The zero-order valence-electron chi connectivity index (χ0n) is 21.4. The minimum absolute atomic E-state index is 0.0397. The van der Waals surface area contributed by atoms with Crippen LogP contribution in [0.1, 0.15) is 82.2 Å². The molecule has 3 N–H and O–H groups in total. The predicted octanol–water partition coefficient (Wildman–Crippen LogP) is 3.12. The lowest BCUT2D eigenvalue weighted by atomic mass is 9.70. The van der Waals surface area contributed by atoms with Crippen molar-refractivity contribution >= 4 is 11.6 Å². The average Bonchev–Trinajstić information content (AvgIpc) is 3.51. The number of rotatable bonds is 2. The summed E-state index contributed by atoms with van der Waals surface area (Å²) in [5.74, 6) is -1.25. The van der Waals surface area contributed by atoms with E-state index in [-0.39, 0.29) is 52.1 Å².